The molecular weight excluding hydrogens is 829 g/mol. The van der Waals surface area contributed by atoms with E-state index in [-0.39, 0.29) is 60.0 Å². The predicted octanol–water partition coefficient (Wildman–Crippen LogP) is 8.08. The number of carbonyl (C=O) groups is 4. The number of hydrogen-bond acceptors (Lipinski definition) is 10. The average Bonchev–Trinajstić information content (AvgIpc) is 4.11. The largest absolute Gasteiger partial charge is 0.488 e. The lowest BCUT2D eigenvalue weighted by Crippen LogP contribution is -2.55. The molecular formula is C49H60N8O8. The van der Waals surface area contributed by atoms with E-state index >= 15 is 0 Å². The third-order valence-corrected chi connectivity index (χ3v) is 14.1. The van der Waals surface area contributed by atoms with Crippen molar-refractivity contribution in [3.05, 3.63) is 65.9 Å². The van der Waals surface area contributed by atoms with E-state index < -0.39 is 24.3 Å². The number of fused-ring (bicyclic) bond motifs is 6. The Kier molecular flexibility index (Phi) is 12.0. The van der Waals surface area contributed by atoms with Crippen LogP contribution in [0.4, 0.5) is 9.59 Å². The standard InChI is InChI=1S/C49H60N8O8/c1-24(2)41(54-48(60)62-7)46(58)56-25(3)9-15-38(56)44-50-22-37(52-44)30-11-13-33-32(19-30)23-64-40-21-34-29(20-35(33)40)12-14-36-43(34)53-45(51-36)39-16-10-26(4)57(39)47(59)42(55-49(61)63-8)31-17-27(5)65-28(6)18-31/h11-14,19-22,24-28,31,38-39,41-42H,9-10,15-18,23H2,1-8H3,(H,50,52)(H,51,53)(H,54,60)(H,55,61)/t25-,26-,27-,28+,31+,38-,39-,41?,42-/m0/s1. The predicted molar refractivity (Wildman–Crippen MR) is 244 cm³/mol. The molecule has 3 fully saturated rings. The van der Waals surface area contributed by atoms with Crippen LogP contribution in [0, 0.1) is 11.8 Å². The Hall–Kier alpha value is -6.16. The normalized spacial score (nSPS) is 24.9. The maximum Gasteiger partial charge on any atom is 0.407 e. The smallest absolute Gasteiger partial charge is 0.407 e. The van der Waals surface area contributed by atoms with Gasteiger partial charge in [-0.1, -0.05) is 32.0 Å². The zero-order chi connectivity index (χ0) is 45.8. The molecule has 2 aromatic heterocycles. The second-order valence-corrected chi connectivity index (χ2v) is 18.8. The summed E-state index contributed by atoms with van der Waals surface area (Å²) in [6.45, 7) is 12.3. The summed E-state index contributed by atoms with van der Waals surface area (Å²) >= 11 is 0. The van der Waals surface area contributed by atoms with Crippen molar-refractivity contribution >= 4 is 45.8 Å². The molecule has 0 bridgehead atoms. The highest BCUT2D eigenvalue weighted by atomic mass is 16.5. The summed E-state index contributed by atoms with van der Waals surface area (Å²) in [5.41, 5.74) is 6.58. The average molecular weight is 889 g/mol. The number of aromatic nitrogens is 4. The zero-order valence-electron chi connectivity index (χ0n) is 38.4. The van der Waals surface area contributed by atoms with Crippen LogP contribution in [0.2, 0.25) is 0 Å². The number of methoxy groups -OCH3 is 2. The summed E-state index contributed by atoms with van der Waals surface area (Å²) in [5.74, 6) is 1.67. The number of alkyl carbamates (subject to hydrolysis) is 2. The van der Waals surface area contributed by atoms with Crippen molar-refractivity contribution in [3.8, 4) is 28.1 Å². The number of carbonyl (C=O) groups excluding carboxylic acids is 4. The first-order chi connectivity index (χ1) is 31.2. The van der Waals surface area contributed by atoms with Crippen LogP contribution in [-0.2, 0) is 30.4 Å². The lowest BCUT2D eigenvalue weighted by Gasteiger charge is -2.39. The molecule has 5 aromatic rings. The molecule has 3 saturated heterocycles. The van der Waals surface area contributed by atoms with E-state index in [1.54, 1.807) is 0 Å². The van der Waals surface area contributed by atoms with Gasteiger partial charge in [0, 0.05) is 23.0 Å². The fraction of sp³-hybridized carbons (Fsp3) is 0.510. The quantitative estimate of drug-likeness (QED) is 0.112. The van der Waals surface area contributed by atoms with Crippen LogP contribution in [0.25, 0.3) is 44.2 Å². The second kappa shape index (κ2) is 17.7. The van der Waals surface area contributed by atoms with Gasteiger partial charge in [-0.2, -0.15) is 0 Å². The van der Waals surface area contributed by atoms with Crippen molar-refractivity contribution in [1.82, 2.24) is 40.4 Å². The molecule has 0 radical (unpaired) electrons. The molecule has 6 heterocycles. The fourth-order valence-electron chi connectivity index (χ4n) is 10.9. The number of benzene rings is 3. The first kappa shape index (κ1) is 44.1. The van der Waals surface area contributed by atoms with Gasteiger partial charge in [-0.15, -0.1) is 0 Å². The first-order valence-electron chi connectivity index (χ1n) is 23.0. The first-order valence-corrected chi connectivity index (χ1v) is 23.0. The number of aromatic amines is 2. The van der Waals surface area contributed by atoms with Crippen LogP contribution in [0.3, 0.4) is 0 Å². The minimum atomic E-state index is -0.755. The summed E-state index contributed by atoms with van der Waals surface area (Å²) in [5, 5.41) is 7.62. The number of rotatable bonds is 9. The van der Waals surface area contributed by atoms with Gasteiger partial charge in [0.15, 0.2) is 0 Å². The van der Waals surface area contributed by atoms with Crippen molar-refractivity contribution in [2.45, 2.75) is 135 Å². The van der Waals surface area contributed by atoms with Gasteiger partial charge in [0.1, 0.15) is 36.1 Å². The Morgan fingerprint density at radius 1 is 0.785 bits per heavy atom. The molecule has 9 atom stereocenters. The Morgan fingerprint density at radius 2 is 1.46 bits per heavy atom. The van der Waals surface area contributed by atoms with E-state index in [4.69, 9.17) is 28.9 Å². The molecule has 16 nitrogen and oxygen atoms in total. The minimum Gasteiger partial charge on any atom is -0.488 e. The van der Waals surface area contributed by atoms with Crippen LogP contribution in [0.15, 0.2) is 48.7 Å². The Balaban J connectivity index is 0.965. The number of nitrogens with one attached hydrogen (secondary N) is 4. The molecule has 65 heavy (non-hydrogen) atoms. The van der Waals surface area contributed by atoms with E-state index in [0.29, 0.717) is 31.1 Å². The van der Waals surface area contributed by atoms with Gasteiger partial charge in [-0.05, 0) is 124 Å². The fourth-order valence-corrected chi connectivity index (χ4v) is 10.9. The van der Waals surface area contributed by atoms with Crippen LogP contribution >= 0.6 is 0 Å². The van der Waals surface area contributed by atoms with Crippen molar-refractivity contribution in [2.75, 3.05) is 14.2 Å². The molecule has 4 N–H and O–H groups in total. The molecule has 0 saturated carbocycles. The Labute approximate surface area is 378 Å². The van der Waals surface area contributed by atoms with Crippen LogP contribution in [0.1, 0.15) is 109 Å². The molecule has 0 aliphatic carbocycles. The van der Waals surface area contributed by atoms with E-state index in [1.165, 1.54) is 14.2 Å². The van der Waals surface area contributed by atoms with Gasteiger partial charge in [-0.25, -0.2) is 19.6 Å². The van der Waals surface area contributed by atoms with Gasteiger partial charge >= 0.3 is 12.2 Å². The highest BCUT2D eigenvalue weighted by molar-refractivity contribution is 6.07. The molecule has 4 aliphatic rings. The lowest BCUT2D eigenvalue weighted by atomic mass is 9.85. The minimum absolute atomic E-state index is 0.0193. The maximum atomic E-state index is 14.6. The Morgan fingerprint density at radius 3 is 2.15 bits per heavy atom. The highest BCUT2D eigenvalue weighted by Gasteiger charge is 2.45. The zero-order valence-corrected chi connectivity index (χ0v) is 38.4. The molecule has 4 aliphatic heterocycles. The summed E-state index contributed by atoms with van der Waals surface area (Å²) < 4.78 is 22.3. The molecule has 0 spiro atoms. The van der Waals surface area contributed by atoms with E-state index in [2.05, 4.69) is 63.9 Å². The third-order valence-electron chi connectivity index (χ3n) is 14.1. The SMILES string of the molecule is COC(=O)NC(C(=O)N1[C@@H](C)CC[C@H]1c1ncc(-c2ccc3c(c2)COc2cc4c(ccc5nc([C@@H]6CC[C@H](C)N6C(=O)[C@@H](NC(=O)OC)[C@H]6C[C@@H](C)O[C@@H](C)C6)[nH]c54)cc2-3)[nH]1)C(C)C. The molecule has 344 valence electrons. The van der Waals surface area contributed by atoms with E-state index in [0.717, 1.165) is 81.2 Å². The van der Waals surface area contributed by atoms with Gasteiger partial charge in [0.25, 0.3) is 0 Å². The number of imidazole rings is 2. The summed E-state index contributed by atoms with van der Waals surface area (Å²) in [4.78, 5) is 74.0. The summed E-state index contributed by atoms with van der Waals surface area (Å²) in [7, 11) is 2.61. The highest BCUT2D eigenvalue weighted by Crippen LogP contribution is 2.44. The summed E-state index contributed by atoms with van der Waals surface area (Å²) in [6.07, 6.45) is 4.91. The van der Waals surface area contributed by atoms with Gasteiger partial charge in [0.2, 0.25) is 11.8 Å². The monoisotopic (exact) mass is 888 g/mol. The summed E-state index contributed by atoms with van der Waals surface area (Å²) in [6, 6.07) is 12.6. The Bertz CT molecular complexity index is 2630. The number of H-pyrrole nitrogens is 2. The van der Waals surface area contributed by atoms with Crippen molar-refractivity contribution in [3.63, 3.8) is 0 Å². The third kappa shape index (κ3) is 8.25. The number of hydrogen-bond donors (Lipinski definition) is 4. The molecule has 4 amide bonds. The second-order valence-electron chi connectivity index (χ2n) is 18.8. The van der Waals surface area contributed by atoms with Gasteiger partial charge in [-0.3, -0.25) is 9.59 Å². The molecule has 1 unspecified atom stereocenters. The van der Waals surface area contributed by atoms with Crippen LogP contribution < -0.4 is 15.4 Å². The van der Waals surface area contributed by atoms with Crippen molar-refractivity contribution in [1.29, 1.82) is 0 Å². The van der Waals surface area contributed by atoms with Crippen LogP contribution in [0.5, 0.6) is 5.75 Å². The molecule has 9 rings (SSSR count). The molecule has 3 aromatic carbocycles. The number of likely N-dealkylation sites (tertiary alicyclic amines) is 2. The van der Waals surface area contributed by atoms with Crippen LogP contribution in [-0.4, -0.2) is 104 Å². The topological polar surface area (TPSA) is 193 Å². The van der Waals surface area contributed by atoms with Crippen molar-refractivity contribution < 1.29 is 38.1 Å². The van der Waals surface area contributed by atoms with Gasteiger partial charge < -0.3 is 49.3 Å². The van der Waals surface area contributed by atoms with E-state index in [9.17, 15) is 19.2 Å². The van der Waals surface area contributed by atoms with Crippen molar-refractivity contribution in [2.24, 2.45) is 11.8 Å². The van der Waals surface area contributed by atoms with Gasteiger partial charge in [0.05, 0.1) is 61.4 Å². The molecule has 16 heteroatoms. The number of ether oxygens (including phenoxy) is 4. The lowest BCUT2D eigenvalue weighted by molar-refractivity contribution is -0.140. The number of nitrogens with zero attached hydrogens (tertiary/aromatic N) is 4. The number of amides is 4. The van der Waals surface area contributed by atoms with E-state index in [1.807, 2.05) is 56.7 Å². The maximum absolute atomic E-state index is 14.6.